The highest BCUT2D eigenvalue weighted by atomic mass is 32.2. The number of carbonyl (C=O) groups is 10. The average molecular weight is 930 g/mol. The molecular weight excluding hydrogens is 883 g/mol. The number of benzene rings is 1. The number of carboxylic acid groups (broad SMARTS) is 2. The van der Waals surface area contributed by atoms with Gasteiger partial charge in [0.1, 0.15) is 24.7 Å². The second-order valence-corrected chi connectivity index (χ2v) is 17.9. The van der Waals surface area contributed by atoms with E-state index in [1.54, 1.807) is 6.07 Å². The van der Waals surface area contributed by atoms with Gasteiger partial charge in [-0.2, -0.15) is 12.7 Å². The maximum Gasteiger partial charge on any atom is 0.354 e. The molecule has 29 heteroatoms. The van der Waals surface area contributed by atoms with Crippen LogP contribution in [0.1, 0.15) is 51.4 Å². The zero-order valence-electron chi connectivity index (χ0n) is 33.9. The van der Waals surface area contributed by atoms with E-state index in [1.165, 1.54) is 38.4 Å². The number of aldehydes is 2. The maximum absolute atomic E-state index is 13.3. The summed E-state index contributed by atoms with van der Waals surface area (Å²) >= 11 is 0. The molecule has 0 aromatic heterocycles. The summed E-state index contributed by atoms with van der Waals surface area (Å²) in [5.41, 5.74) is 0. The maximum atomic E-state index is 13.3. The number of hydrazine groups is 4. The number of nitrogens with zero attached hydrogens (tertiary/aromatic N) is 7. The van der Waals surface area contributed by atoms with E-state index in [0.29, 0.717) is 12.8 Å². The van der Waals surface area contributed by atoms with Gasteiger partial charge in [-0.1, -0.05) is 18.2 Å². The molecule has 4 saturated heterocycles. The zero-order valence-corrected chi connectivity index (χ0v) is 35.5. The Morgan fingerprint density at radius 1 is 0.698 bits per heavy atom. The summed E-state index contributed by atoms with van der Waals surface area (Å²) in [4.78, 5) is 125. The minimum atomic E-state index is -4.15. The molecule has 4 fully saturated rings. The second-order valence-electron chi connectivity index (χ2n) is 14.4. The summed E-state index contributed by atoms with van der Waals surface area (Å²) < 4.78 is 50.5. The fraction of sp³-hybridized carbons (Fsp3) is 0.529. The van der Waals surface area contributed by atoms with Crippen LogP contribution in [0, 0.1) is 0 Å². The average Bonchev–Trinajstić information content (AvgIpc) is 3.43. The lowest BCUT2D eigenvalue weighted by molar-refractivity contribution is -0.156. The van der Waals surface area contributed by atoms with E-state index >= 15 is 0 Å². The standard InChI is InChI=1S/C19H23N5O8S.C15H24N6O8S/c25-12-13(11-17(27)28)20-18(29)15-7-4-9-23-16(26)8-10-22(19(30)24(15)23)21-33(31,32)14-5-2-1-3-6-14;1-18(2)30(28,29)17-19-7-5-12(23)20-6-3-4-11(21(20)15(19)27)14(26)16-10(9-22)8-13(24)25/h1-3,5-6,12-13,15,21H,4,7-11H2,(H,20,29)(H,27,28);9-11,17H,3-8H2,1-2H3,(H,16,26)(H,24,25)/t13-,15-;10-,11-/m00/s1. The number of carbonyl (C=O) groups excluding carboxylic acids is 8. The second kappa shape index (κ2) is 21.2. The van der Waals surface area contributed by atoms with Crippen molar-refractivity contribution in [2.75, 3.05) is 40.3 Å². The molecule has 4 aliphatic heterocycles. The molecule has 6 N–H and O–H groups in total. The van der Waals surface area contributed by atoms with E-state index in [0.717, 1.165) is 34.4 Å². The Morgan fingerprint density at radius 3 is 1.49 bits per heavy atom. The number of hydrogen-bond acceptors (Lipinski definition) is 14. The molecule has 1 aromatic rings. The van der Waals surface area contributed by atoms with Crippen LogP contribution in [0.3, 0.4) is 0 Å². The Balaban J connectivity index is 0.000000278. The molecule has 4 aliphatic rings. The Kier molecular flexibility index (Phi) is 16.6. The van der Waals surface area contributed by atoms with E-state index < -0.39 is 105 Å². The smallest absolute Gasteiger partial charge is 0.354 e. The van der Waals surface area contributed by atoms with E-state index in [-0.39, 0.29) is 69.3 Å². The Morgan fingerprint density at radius 2 is 1.11 bits per heavy atom. The first-order chi connectivity index (χ1) is 29.6. The number of nitrogens with one attached hydrogen (secondary N) is 4. The van der Waals surface area contributed by atoms with E-state index in [4.69, 9.17) is 10.2 Å². The predicted octanol–water partition coefficient (Wildman–Crippen LogP) is -3.44. The molecule has 0 spiro atoms. The van der Waals surface area contributed by atoms with Gasteiger partial charge in [-0.25, -0.2) is 48.1 Å². The Labute approximate surface area is 360 Å². The Hall–Kier alpha value is -6.30. The summed E-state index contributed by atoms with van der Waals surface area (Å²) in [6.07, 6.45) is -0.133. The number of urea groups is 2. The van der Waals surface area contributed by atoms with Crippen LogP contribution in [0.15, 0.2) is 35.2 Å². The van der Waals surface area contributed by atoms with Gasteiger partial charge < -0.3 is 30.4 Å². The SMILES string of the molecule is CN(C)S(=O)(=O)NN1CCC(=O)N2CCC[C@@H](C(=O)N[C@H](C=O)CC(=O)O)N2C1=O.O=C[C@H](CC(=O)O)NC(=O)[C@@H]1CCCN2C(=O)CCN(NS(=O)(=O)c3ccccc3)C(=O)N12. The lowest BCUT2D eigenvalue weighted by Crippen LogP contribution is -2.65. The molecule has 5 rings (SSSR count). The van der Waals surface area contributed by atoms with Crippen LogP contribution >= 0.6 is 0 Å². The molecule has 1 aromatic carbocycles. The van der Waals surface area contributed by atoms with Crippen LogP contribution in [0.2, 0.25) is 0 Å². The number of hydrogen-bond donors (Lipinski definition) is 6. The van der Waals surface area contributed by atoms with Crippen LogP contribution in [-0.2, 0) is 58.6 Å². The third-order valence-corrected chi connectivity index (χ3v) is 12.5. The van der Waals surface area contributed by atoms with Crippen molar-refractivity contribution in [2.24, 2.45) is 0 Å². The topological polar surface area (TPSA) is 350 Å². The zero-order chi connectivity index (χ0) is 46.8. The number of fused-ring (bicyclic) bond motifs is 2. The van der Waals surface area contributed by atoms with Gasteiger partial charge in [-0.05, 0) is 37.8 Å². The highest BCUT2D eigenvalue weighted by molar-refractivity contribution is 7.89. The molecule has 0 aliphatic carbocycles. The van der Waals surface area contributed by atoms with Crippen molar-refractivity contribution in [2.45, 2.75) is 80.4 Å². The van der Waals surface area contributed by atoms with Crippen molar-refractivity contribution in [3.63, 3.8) is 0 Å². The fourth-order valence-corrected chi connectivity index (χ4v) is 8.30. The van der Waals surface area contributed by atoms with Gasteiger partial charge in [0.15, 0.2) is 0 Å². The largest absolute Gasteiger partial charge is 0.481 e. The summed E-state index contributed by atoms with van der Waals surface area (Å²) in [6.45, 7) is -0.224. The first-order valence-corrected chi connectivity index (χ1v) is 22.1. The van der Waals surface area contributed by atoms with E-state index in [9.17, 15) is 64.8 Å². The highest BCUT2D eigenvalue weighted by Crippen LogP contribution is 2.26. The number of rotatable bonds is 16. The normalized spacial score (nSPS) is 20.6. The van der Waals surface area contributed by atoms with Crippen molar-refractivity contribution >= 4 is 80.4 Å². The van der Waals surface area contributed by atoms with Crippen molar-refractivity contribution in [1.82, 2.24) is 54.7 Å². The van der Waals surface area contributed by atoms with Crippen LogP contribution in [0.4, 0.5) is 9.59 Å². The molecule has 346 valence electrons. The molecule has 0 bridgehead atoms. The van der Waals surface area contributed by atoms with Gasteiger partial charge in [-0.3, -0.25) is 28.8 Å². The quantitative estimate of drug-likeness (QED) is 0.0879. The third kappa shape index (κ3) is 12.4. The van der Waals surface area contributed by atoms with Crippen molar-refractivity contribution in [1.29, 1.82) is 0 Å². The predicted molar refractivity (Wildman–Crippen MR) is 210 cm³/mol. The van der Waals surface area contributed by atoms with Crippen LogP contribution in [-0.4, -0.2) is 186 Å². The molecule has 27 nitrogen and oxygen atoms in total. The lowest BCUT2D eigenvalue weighted by Gasteiger charge is -2.43. The van der Waals surface area contributed by atoms with Gasteiger partial charge in [-0.15, -0.1) is 9.66 Å². The highest BCUT2D eigenvalue weighted by Gasteiger charge is 2.46. The molecule has 4 heterocycles. The molecule has 0 unspecified atom stereocenters. The molecule has 0 saturated carbocycles. The number of sulfonamides is 1. The van der Waals surface area contributed by atoms with E-state index in [2.05, 4.69) is 20.3 Å². The number of aliphatic carboxylic acids is 2. The number of amides is 8. The van der Waals surface area contributed by atoms with Crippen LogP contribution in [0.5, 0.6) is 0 Å². The first kappa shape index (κ1) is 49.4. The minimum absolute atomic E-state index is 0.0966. The van der Waals surface area contributed by atoms with Crippen molar-refractivity contribution in [3.8, 4) is 0 Å². The number of carboxylic acids is 2. The Bertz CT molecular complexity index is 2180. The van der Waals surface area contributed by atoms with Crippen molar-refractivity contribution in [3.05, 3.63) is 30.3 Å². The third-order valence-electron chi connectivity index (χ3n) is 9.70. The van der Waals surface area contributed by atoms with Gasteiger partial charge in [0.25, 0.3) is 20.2 Å². The lowest BCUT2D eigenvalue weighted by atomic mass is 10.1. The minimum Gasteiger partial charge on any atom is -0.481 e. The van der Waals surface area contributed by atoms with Crippen LogP contribution < -0.4 is 20.3 Å². The first-order valence-electron chi connectivity index (χ1n) is 19.2. The molecule has 4 atom stereocenters. The van der Waals surface area contributed by atoms with Gasteiger partial charge in [0, 0.05) is 53.1 Å². The molecular formula is C34H47N11O16S2. The van der Waals surface area contributed by atoms with Gasteiger partial charge in [0.2, 0.25) is 23.6 Å². The molecule has 0 radical (unpaired) electrons. The van der Waals surface area contributed by atoms with Gasteiger partial charge in [0.05, 0.1) is 29.8 Å². The summed E-state index contributed by atoms with van der Waals surface area (Å²) in [7, 11) is -5.71. The molecule has 8 amide bonds. The molecule has 63 heavy (non-hydrogen) atoms. The fourth-order valence-electron chi connectivity index (χ4n) is 6.61. The van der Waals surface area contributed by atoms with Crippen molar-refractivity contribution < 1.29 is 75.0 Å². The summed E-state index contributed by atoms with van der Waals surface area (Å²) in [5.74, 6) is -5.23. The van der Waals surface area contributed by atoms with Gasteiger partial charge >= 0.3 is 24.0 Å². The summed E-state index contributed by atoms with van der Waals surface area (Å²) in [5, 5.41) is 27.6. The summed E-state index contributed by atoms with van der Waals surface area (Å²) in [6, 6.07) is 0.327. The monoisotopic (exact) mass is 929 g/mol. The van der Waals surface area contributed by atoms with E-state index in [1.807, 2.05) is 0 Å². The van der Waals surface area contributed by atoms with Crippen LogP contribution in [0.25, 0.3) is 0 Å².